The van der Waals surface area contributed by atoms with E-state index in [1.807, 2.05) is 42.5 Å². The van der Waals surface area contributed by atoms with E-state index in [-0.39, 0.29) is 10.9 Å². The Bertz CT molecular complexity index is 1130. The largest absolute Gasteiger partial charge is 0.497 e. The number of thiocarbonyl (C=S) groups is 1. The third kappa shape index (κ3) is 3.72. The van der Waals surface area contributed by atoms with Crippen LogP contribution in [0.25, 0.3) is 22.6 Å². The summed E-state index contributed by atoms with van der Waals surface area (Å²) >= 11 is 5.15. The minimum absolute atomic E-state index is 0.170. The van der Waals surface area contributed by atoms with Crippen LogP contribution in [-0.2, 0) is 0 Å². The van der Waals surface area contributed by atoms with Crippen molar-refractivity contribution in [1.29, 1.82) is 0 Å². The van der Waals surface area contributed by atoms with Crippen LogP contribution in [0.15, 0.2) is 69.7 Å². The molecule has 2 heterocycles. The van der Waals surface area contributed by atoms with Gasteiger partial charge in [0.15, 0.2) is 16.5 Å². The molecule has 7 nitrogen and oxygen atoms in total. The Morgan fingerprint density at radius 2 is 1.96 bits per heavy atom. The highest BCUT2D eigenvalue weighted by Crippen LogP contribution is 2.27. The lowest BCUT2D eigenvalue weighted by atomic mass is 10.2. The molecular weight excluding hydrogens is 378 g/mol. The second kappa shape index (κ2) is 7.53. The van der Waals surface area contributed by atoms with Crippen LogP contribution in [0, 0.1) is 0 Å². The number of fused-ring (bicyclic) bond motifs is 1. The quantitative estimate of drug-likeness (QED) is 0.502. The van der Waals surface area contributed by atoms with Crippen LogP contribution in [0.3, 0.4) is 0 Å². The molecule has 140 valence electrons. The van der Waals surface area contributed by atoms with Crippen LogP contribution >= 0.6 is 12.2 Å². The van der Waals surface area contributed by atoms with E-state index in [0.29, 0.717) is 17.2 Å². The number of benzene rings is 2. The van der Waals surface area contributed by atoms with Crippen molar-refractivity contribution in [3.8, 4) is 17.2 Å². The van der Waals surface area contributed by atoms with Gasteiger partial charge in [-0.05, 0) is 60.7 Å². The normalized spacial score (nSPS) is 10.6. The topological polar surface area (TPSA) is 89.5 Å². The van der Waals surface area contributed by atoms with Gasteiger partial charge in [0.1, 0.15) is 11.3 Å². The average Bonchev–Trinajstić information content (AvgIpc) is 3.37. The zero-order chi connectivity index (χ0) is 19.5. The van der Waals surface area contributed by atoms with Crippen LogP contribution in [-0.4, -0.2) is 23.1 Å². The van der Waals surface area contributed by atoms with Gasteiger partial charge in [-0.3, -0.25) is 10.1 Å². The van der Waals surface area contributed by atoms with Crippen LogP contribution in [0.5, 0.6) is 5.75 Å². The predicted molar refractivity (Wildman–Crippen MR) is 108 cm³/mol. The van der Waals surface area contributed by atoms with Crippen LogP contribution in [0.4, 0.5) is 5.69 Å². The first-order valence-electron chi connectivity index (χ1n) is 8.33. The molecule has 2 N–H and O–H groups in total. The fraction of sp³-hybridized carbons (Fsp3) is 0.0500. The molecule has 4 aromatic rings. The molecule has 0 fully saturated rings. The lowest BCUT2D eigenvalue weighted by Gasteiger charge is -2.08. The summed E-state index contributed by atoms with van der Waals surface area (Å²) in [7, 11) is 1.61. The van der Waals surface area contributed by atoms with Crippen LogP contribution in [0.2, 0.25) is 0 Å². The molecule has 0 saturated carbocycles. The molecule has 0 bridgehead atoms. The number of amides is 1. The zero-order valence-electron chi connectivity index (χ0n) is 14.8. The van der Waals surface area contributed by atoms with Crippen LogP contribution in [0.1, 0.15) is 10.6 Å². The minimum Gasteiger partial charge on any atom is -0.497 e. The lowest BCUT2D eigenvalue weighted by molar-refractivity contribution is 0.0950. The molecule has 0 unspecified atom stereocenters. The number of carbonyl (C=O) groups excluding carboxylic acids is 1. The standard InChI is InChI=1S/C20H15N3O4S/c1-25-14-8-9-16-15(11-14)22-19(27-16)12-4-6-13(7-5-12)21-20(28)23-18(24)17-3-2-10-26-17/h2-11H,1H3,(H2,21,23,24,28). The summed E-state index contributed by atoms with van der Waals surface area (Å²) in [6.45, 7) is 0. The molecule has 28 heavy (non-hydrogen) atoms. The molecule has 0 aliphatic heterocycles. The zero-order valence-corrected chi connectivity index (χ0v) is 15.6. The minimum atomic E-state index is -0.416. The molecule has 0 spiro atoms. The van der Waals surface area contributed by atoms with E-state index >= 15 is 0 Å². The third-order valence-electron chi connectivity index (χ3n) is 3.96. The van der Waals surface area contributed by atoms with Crippen molar-refractivity contribution in [2.75, 3.05) is 12.4 Å². The fourth-order valence-electron chi connectivity index (χ4n) is 2.59. The SMILES string of the molecule is COc1ccc2oc(-c3ccc(NC(=S)NC(=O)c4ccco4)cc3)nc2c1. The second-order valence-electron chi connectivity index (χ2n) is 5.82. The lowest BCUT2D eigenvalue weighted by Crippen LogP contribution is -2.33. The number of methoxy groups -OCH3 is 1. The van der Waals surface area contributed by atoms with Gasteiger partial charge >= 0.3 is 0 Å². The highest BCUT2D eigenvalue weighted by Gasteiger charge is 2.12. The van der Waals surface area contributed by atoms with E-state index in [0.717, 1.165) is 16.8 Å². The first-order valence-corrected chi connectivity index (χ1v) is 8.74. The Balaban J connectivity index is 1.45. The summed E-state index contributed by atoms with van der Waals surface area (Å²) in [5.74, 6) is 0.994. The second-order valence-corrected chi connectivity index (χ2v) is 6.22. The maximum atomic E-state index is 11.9. The molecular formula is C20H15N3O4S. The Labute approximate surface area is 165 Å². The average molecular weight is 393 g/mol. The number of rotatable bonds is 4. The summed E-state index contributed by atoms with van der Waals surface area (Å²) in [4.78, 5) is 16.4. The molecule has 2 aromatic heterocycles. The number of hydrogen-bond acceptors (Lipinski definition) is 6. The molecule has 0 radical (unpaired) electrons. The van der Waals surface area contributed by atoms with Crippen molar-refractivity contribution in [2.24, 2.45) is 0 Å². The van der Waals surface area contributed by atoms with E-state index in [4.69, 9.17) is 25.8 Å². The summed E-state index contributed by atoms with van der Waals surface area (Å²) in [6.07, 6.45) is 1.42. The number of nitrogens with one attached hydrogen (secondary N) is 2. The molecule has 8 heteroatoms. The Morgan fingerprint density at radius 3 is 2.68 bits per heavy atom. The third-order valence-corrected chi connectivity index (χ3v) is 4.16. The molecule has 0 atom stereocenters. The van der Waals surface area contributed by atoms with Gasteiger partial charge in [0, 0.05) is 17.3 Å². The predicted octanol–water partition coefficient (Wildman–Crippen LogP) is 4.22. The highest BCUT2D eigenvalue weighted by molar-refractivity contribution is 7.80. The summed E-state index contributed by atoms with van der Waals surface area (Å²) in [5.41, 5.74) is 2.93. The molecule has 1 amide bonds. The highest BCUT2D eigenvalue weighted by atomic mass is 32.1. The van der Waals surface area contributed by atoms with Crippen molar-refractivity contribution in [2.45, 2.75) is 0 Å². The molecule has 0 aliphatic carbocycles. The molecule has 0 saturated heterocycles. The Kier molecular flexibility index (Phi) is 4.77. The first-order chi connectivity index (χ1) is 13.6. The number of furan rings is 1. The first kappa shape index (κ1) is 17.7. The molecule has 2 aromatic carbocycles. The Morgan fingerprint density at radius 1 is 1.14 bits per heavy atom. The van der Waals surface area contributed by atoms with Gasteiger partial charge in [-0.25, -0.2) is 4.98 Å². The van der Waals surface area contributed by atoms with Crippen LogP contribution < -0.4 is 15.4 Å². The maximum absolute atomic E-state index is 11.9. The number of ether oxygens (including phenoxy) is 1. The smallest absolute Gasteiger partial charge is 0.293 e. The maximum Gasteiger partial charge on any atom is 0.293 e. The van der Waals surface area contributed by atoms with Gasteiger partial charge in [0.2, 0.25) is 5.89 Å². The number of oxazole rings is 1. The summed E-state index contributed by atoms with van der Waals surface area (Å²) < 4.78 is 16.0. The van der Waals surface area contributed by atoms with E-state index < -0.39 is 5.91 Å². The van der Waals surface area contributed by atoms with Gasteiger partial charge in [0.25, 0.3) is 5.91 Å². The van der Waals surface area contributed by atoms with Gasteiger partial charge in [-0.15, -0.1) is 0 Å². The van der Waals surface area contributed by atoms with Crippen molar-refractivity contribution >= 4 is 40.0 Å². The van der Waals surface area contributed by atoms with Gasteiger partial charge in [-0.1, -0.05) is 0 Å². The fourth-order valence-corrected chi connectivity index (χ4v) is 2.80. The number of aromatic nitrogens is 1. The van der Waals surface area contributed by atoms with Crippen molar-refractivity contribution in [3.63, 3.8) is 0 Å². The molecule has 4 rings (SSSR count). The molecule has 0 aliphatic rings. The number of carbonyl (C=O) groups is 1. The van der Waals surface area contributed by atoms with Gasteiger partial charge in [-0.2, -0.15) is 0 Å². The van der Waals surface area contributed by atoms with Crippen molar-refractivity contribution in [1.82, 2.24) is 10.3 Å². The van der Waals surface area contributed by atoms with Gasteiger partial charge in [0.05, 0.1) is 13.4 Å². The summed E-state index contributed by atoms with van der Waals surface area (Å²) in [6, 6.07) is 16.0. The van der Waals surface area contributed by atoms with E-state index in [1.165, 1.54) is 6.26 Å². The number of anilines is 1. The number of hydrogen-bond donors (Lipinski definition) is 2. The van der Waals surface area contributed by atoms with Gasteiger partial charge < -0.3 is 18.9 Å². The number of nitrogens with zero attached hydrogens (tertiary/aromatic N) is 1. The monoisotopic (exact) mass is 393 g/mol. The van der Waals surface area contributed by atoms with E-state index in [1.54, 1.807) is 19.2 Å². The van der Waals surface area contributed by atoms with Crippen molar-refractivity contribution in [3.05, 3.63) is 66.6 Å². The Hall–Kier alpha value is -3.65. The van der Waals surface area contributed by atoms with E-state index in [9.17, 15) is 4.79 Å². The van der Waals surface area contributed by atoms with E-state index in [2.05, 4.69) is 15.6 Å². The summed E-state index contributed by atoms with van der Waals surface area (Å²) in [5, 5.41) is 5.67. The van der Waals surface area contributed by atoms with Crippen molar-refractivity contribution < 1.29 is 18.4 Å².